The smallest absolute Gasteiger partial charge is 0.411 e. The van der Waals surface area contributed by atoms with Crippen molar-refractivity contribution >= 4 is 28.5 Å². The fourth-order valence-electron chi connectivity index (χ4n) is 5.62. The average molecular weight is 545 g/mol. The second-order valence-corrected chi connectivity index (χ2v) is 12.0. The summed E-state index contributed by atoms with van der Waals surface area (Å²) in [6.45, 7) is 6.31. The molecular formula is C31H33ClN4O3. The minimum Gasteiger partial charge on any atom is -0.490 e. The van der Waals surface area contributed by atoms with Crippen molar-refractivity contribution < 1.29 is 14.3 Å². The molecule has 1 saturated carbocycles. The monoisotopic (exact) mass is 544 g/mol. The molecule has 4 aromatic rings. The number of carbonyl (C=O) groups is 1. The Kier molecular flexibility index (Phi) is 6.71. The Balaban J connectivity index is 1.22. The van der Waals surface area contributed by atoms with Crippen molar-refractivity contribution in [1.29, 1.82) is 0 Å². The van der Waals surface area contributed by atoms with Crippen LogP contribution >= 0.6 is 11.6 Å². The Morgan fingerprint density at radius 3 is 2.46 bits per heavy atom. The second-order valence-electron chi connectivity index (χ2n) is 11.5. The summed E-state index contributed by atoms with van der Waals surface area (Å²) in [5.41, 5.74) is 1.32. The van der Waals surface area contributed by atoms with Gasteiger partial charge in [-0.1, -0.05) is 41.9 Å². The molecular weight excluding hydrogens is 512 g/mol. The topological polar surface area (TPSA) is 69.5 Å². The summed E-state index contributed by atoms with van der Waals surface area (Å²) in [4.78, 5) is 14.7. The zero-order chi connectivity index (χ0) is 27.1. The van der Waals surface area contributed by atoms with Gasteiger partial charge in [0.15, 0.2) is 5.82 Å². The van der Waals surface area contributed by atoms with Crippen LogP contribution < -0.4 is 4.74 Å². The van der Waals surface area contributed by atoms with E-state index in [0.29, 0.717) is 18.1 Å². The first-order valence-electron chi connectivity index (χ1n) is 13.6. The number of benzene rings is 3. The van der Waals surface area contributed by atoms with E-state index in [0.717, 1.165) is 54.3 Å². The fourth-order valence-corrected chi connectivity index (χ4v) is 5.81. The maximum atomic E-state index is 13.0. The van der Waals surface area contributed by atoms with Crippen LogP contribution in [0.1, 0.15) is 69.6 Å². The normalized spacial score (nSPS) is 19.2. The highest BCUT2D eigenvalue weighted by Crippen LogP contribution is 2.37. The van der Waals surface area contributed by atoms with Gasteiger partial charge >= 0.3 is 6.09 Å². The molecule has 0 saturated heterocycles. The van der Waals surface area contributed by atoms with E-state index in [4.69, 9.17) is 21.1 Å². The molecule has 1 aliphatic carbocycles. The third kappa shape index (κ3) is 5.46. The Hall–Kier alpha value is -3.58. The first-order chi connectivity index (χ1) is 18.7. The summed E-state index contributed by atoms with van der Waals surface area (Å²) in [6.07, 6.45) is 3.58. The molecule has 6 rings (SSSR count). The van der Waals surface area contributed by atoms with Gasteiger partial charge in [0.1, 0.15) is 17.2 Å². The lowest BCUT2D eigenvalue weighted by Gasteiger charge is -2.29. The molecule has 1 amide bonds. The van der Waals surface area contributed by atoms with E-state index in [2.05, 4.69) is 57.2 Å². The summed E-state index contributed by atoms with van der Waals surface area (Å²) in [5.74, 6) is 2.83. The quantitative estimate of drug-likeness (QED) is 0.268. The maximum Gasteiger partial charge on any atom is 0.411 e. The molecule has 2 heterocycles. The molecule has 1 aromatic heterocycles. The third-order valence-electron chi connectivity index (χ3n) is 7.45. The molecule has 0 spiro atoms. The molecule has 0 unspecified atom stereocenters. The number of rotatable bonds is 3. The highest BCUT2D eigenvalue weighted by Gasteiger charge is 2.33. The Morgan fingerprint density at radius 2 is 1.69 bits per heavy atom. The molecule has 202 valence electrons. The van der Waals surface area contributed by atoms with Crippen LogP contribution in [0.5, 0.6) is 5.75 Å². The molecule has 39 heavy (non-hydrogen) atoms. The van der Waals surface area contributed by atoms with Gasteiger partial charge in [-0.2, -0.15) is 0 Å². The SMILES string of the molecule is CC(C)(C)OC(=O)N1Cc2cc(Cl)ccc2-n2c(nnc2[C@H]2CC[C@H](Oc3ccc4ccccc4c3)CC2)C1. The van der Waals surface area contributed by atoms with Crippen molar-refractivity contribution in [3.05, 3.63) is 82.9 Å². The predicted molar refractivity (Wildman–Crippen MR) is 151 cm³/mol. The summed E-state index contributed by atoms with van der Waals surface area (Å²) in [7, 11) is 0. The van der Waals surface area contributed by atoms with Gasteiger partial charge in [0, 0.05) is 10.9 Å². The van der Waals surface area contributed by atoms with Gasteiger partial charge in [-0.3, -0.25) is 9.47 Å². The van der Waals surface area contributed by atoms with Crippen molar-refractivity contribution in [3.63, 3.8) is 0 Å². The molecule has 1 fully saturated rings. The lowest BCUT2D eigenvalue weighted by molar-refractivity contribution is 0.0214. The summed E-state index contributed by atoms with van der Waals surface area (Å²) >= 11 is 6.38. The van der Waals surface area contributed by atoms with Crippen molar-refractivity contribution in [2.75, 3.05) is 0 Å². The number of hydrogen-bond acceptors (Lipinski definition) is 5. The Morgan fingerprint density at radius 1 is 0.923 bits per heavy atom. The van der Waals surface area contributed by atoms with Crippen molar-refractivity contribution in [2.45, 2.75) is 77.2 Å². The zero-order valence-electron chi connectivity index (χ0n) is 22.6. The lowest BCUT2D eigenvalue weighted by atomic mass is 9.86. The average Bonchev–Trinajstić information content (AvgIpc) is 3.23. The summed E-state index contributed by atoms with van der Waals surface area (Å²) in [5, 5.41) is 12.2. The van der Waals surface area contributed by atoms with Gasteiger partial charge in [0.05, 0.1) is 24.9 Å². The van der Waals surface area contributed by atoms with E-state index in [1.807, 2.05) is 39.0 Å². The maximum absolute atomic E-state index is 13.0. The molecule has 0 N–H and O–H groups in total. The van der Waals surface area contributed by atoms with Crippen molar-refractivity contribution in [2.24, 2.45) is 0 Å². The number of fused-ring (bicyclic) bond motifs is 4. The number of aromatic nitrogens is 3. The third-order valence-corrected chi connectivity index (χ3v) is 7.68. The molecule has 0 bridgehead atoms. The van der Waals surface area contributed by atoms with Crippen LogP contribution in [0.2, 0.25) is 5.02 Å². The van der Waals surface area contributed by atoms with Gasteiger partial charge in [0.2, 0.25) is 0 Å². The first kappa shape index (κ1) is 25.7. The van der Waals surface area contributed by atoms with Crippen LogP contribution in [-0.4, -0.2) is 37.5 Å². The molecule has 7 nitrogen and oxygen atoms in total. The Bertz CT molecular complexity index is 1520. The highest BCUT2D eigenvalue weighted by atomic mass is 35.5. The van der Waals surface area contributed by atoms with E-state index in [1.165, 1.54) is 10.8 Å². The molecule has 0 radical (unpaired) electrons. The van der Waals surface area contributed by atoms with Crippen LogP contribution in [0.3, 0.4) is 0 Å². The van der Waals surface area contributed by atoms with E-state index < -0.39 is 5.60 Å². The van der Waals surface area contributed by atoms with E-state index in [1.54, 1.807) is 4.90 Å². The van der Waals surface area contributed by atoms with Gasteiger partial charge < -0.3 is 9.47 Å². The number of nitrogens with zero attached hydrogens (tertiary/aromatic N) is 4. The van der Waals surface area contributed by atoms with Crippen LogP contribution in [-0.2, 0) is 17.8 Å². The van der Waals surface area contributed by atoms with Crippen LogP contribution in [0.25, 0.3) is 16.5 Å². The summed E-state index contributed by atoms with van der Waals surface area (Å²) in [6, 6.07) is 20.4. The molecule has 2 aliphatic rings. The highest BCUT2D eigenvalue weighted by molar-refractivity contribution is 6.30. The van der Waals surface area contributed by atoms with E-state index in [9.17, 15) is 4.79 Å². The van der Waals surface area contributed by atoms with E-state index >= 15 is 0 Å². The molecule has 1 aliphatic heterocycles. The minimum atomic E-state index is -0.590. The standard InChI is InChI=1S/C31H33ClN4O3/c1-31(2,3)39-30(37)35-18-23-16-24(32)11-15-27(23)36-28(19-35)33-34-29(36)21-9-12-25(13-10-21)38-26-14-8-20-6-4-5-7-22(20)17-26/h4-8,11,14-17,21,25H,9-10,12-13,18-19H2,1-3H3/t21-,25-. The number of hydrogen-bond donors (Lipinski definition) is 0. The van der Waals surface area contributed by atoms with Crippen LogP contribution in [0.4, 0.5) is 4.79 Å². The van der Waals surface area contributed by atoms with Crippen molar-refractivity contribution in [1.82, 2.24) is 19.7 Å². The van der Waals surface area contributed by atoms with Gasteiger partial charge in [-0.05, 0) is 93.1 Å². The van der Waals surface area contributed by atoms with Gasteiger partial charge in [0.25, 0.3) is 0 Å². The fraction of sp³-hybridized carbons (Fsp3) is 0.387. The lowest BCUT2D eigenvalue weighted by Crippen LogP contribution is -2.35. The van der Waals surface area contributed by atoms with Crippen LogP contribution in [0.15, 0.2) is 60.7 Å². The first-order valence-corrected chi connectivity index (χ1v) is 14.0. The molecule has 0 atom stereocenters. The predicted octanol–water partition coefficient (Wildman–Crippen LogP) is 7.43. The van der Waals surface area contributed by atoms with E-state index in [-0.39, 0.29) is 18.1 Å². The van der Waals surface area contributed by atoms with Crippen LogP contribution in [0, 0.1) is 0 Å². The van der Waals surface area contributed by atoms with Crippen molar-refractivity contribution in [3.8, 4) is 11.4 Å². The molecule has 3 aromatic carbocycles. The number of ether oxygens (including phenoxy) is 2. The number of halogens is 1. The van der Waals surface area contributed by atoms with Gasteiger partial charge in [-0.25, -0.2) is 4.79 Å². The Labute approximate surface area is 233 Å². The second kappa shape index (κ2) is 10.2. The largest absolute Gasteiger partial charge is 0.490 e. The molecule has 8 heteroatoms. The number of carbonyl (C=O) groups excluding carboxylic acids is 1. The zero-order valence-corrected chi connectivity index (χ0v) is 23.3. The van der Waals surface area contributed by atoms with Gasteiger partial charge in [-0.15, -0.1) is 10.2 Å². The minimum absolute atomic E-state index is 0.169. The number of amides is 1. The summed E-state index contributed by atoms with van der Waals surface area (Å²) < 4.78 is 14.2.